The minimum atomic E-state index is -0.875. The molecule has 0 heterocycles. The minimum Gasteiger partial charge on any atom is -1.00 e. The number of nitrogens with one attached hydrogen (secondary N) is 1. The smallest absolute Gasteiger partial charge is 0.311 e. The van der Waals surface area contributed by atoms with Gasteiger partial charge >= 0.3 is 11.7 Å². The van der Waals surface area contributed by atoms with Crippen LogP contribution in [0.15, 0.2) is 42.5 Å². The first kappa shape index (κ1) is 28.2. The predicted octanol–water partition coefficient (Wildman–Crippen LogP) is -0.326. The summed E-state index contributed by atoms with van der Waals surface area (Å²) in [5.41, 5.74) is 0.999. The lowest BCUT2D eigenvalue weighted by molar-refractivity contribution is -0.386. The number of carbonyl (C=O) groups excluding carboxylic acids is 1. The Hall–Kier alpha value is -2.88. The lowest BCUT2D eigenvalue weighted by atomic mass is 9.94. The van der Waals surface area contributed by atoms with Crippen LogP contribution in [0.2, 0.25) is 0 Å². The van der Waals surface area contributed by atoms with E-state index in [0.29, 0.717) is 5.56 Å². The van der Waals surface area contributed by atoms with Crippen molar-refractivity contribution in [3.8, 4) is 11.5 Å². The molecule has 0 spiro atoms. The number of hydrogen-bond donors (Lipinski definition) is 2. The van der Waals surface area contributed by atoms with Crippen LogP contribution in [0.5, 0.6) is 11.5 Å². The van der Waals surface area contributed by atoms with Gasteiger partial charge in [-0.2, -0.15) is 0 Å². The summed E-state index contributed by atoms with van der Waals surface area (Å²) in [6, 6.07) is 12.0. The van der Waals surface area contributed by atoms with E-state index in [4.69, 9.17) is 9.47 Å². The SMILES string of the molecule is COC(=O)Cc1ccc(OCC(O)CNC(C)(C)Cc2ccc(OC)cc2)c([N+](=O)[O-])c1.[Cl-]. The molecule has 182 valence electrons. The standard InChI is InChI=1S/C23H30N2O7.ClH/c1-23(2,13-16-5-8-19(30-3)9-6-16)24-14-18(26)15-32-21-10-7-17(12-22(27)31-4)11-20(21)25(28)29;/h5-11,18,24,26H,12-15H2,1-4H3;1H/p-1. The molecule has 0 bridgehead atoms. The molecule has 1 unspecified atom stereocenters. The average Bonchev–Trinajstić information content (AvgIpc) is 2.76. The Morgan fingerprint density at radius 3 is 2.36 bits per heavy atom. The second-order valence-corrected chi connectivity index (χ2v) is 8.07. The van der Waals surface area contributed by atoms with Gasteiger partial charge in [-0.05, 0) is 49.6 Å². The molecule has 2 N–H and O–H groups in total. The molecule has 10 heteroatoms. The van der Waals surface area contributed by atoms with Crippen LogP contribution >= 0.6 is 0 Å². The molecule has 0 aliphatic heterocycles. The highest BCUT2D eigenvalue weighted by Gasteiger charge is 2.21. The highest BCUT2D eigenvalue weighted by molar-refractivity contribution is 5.73. The summed E-state index contributed by atoms with van der Waals surface area (Å²) >= 11 is 0. The first-order chi connectivity index (χ1) is 15.1. The Morgan fingerprint density at radius 1 is 1.15 bits per heavy atom. The molecule has 2 rings (SSSR count). The first-order valence-electron chi connectivity index (χ1n) is 10.2. The molecule has 33 heavy (non-hydrogen) atoms. The van der Waals surface area contributed by atoms with E-state index in [1.807, 2.05) is 38.1 Å². The zero-order chi connectivity index (χ0) is 23.7. The van der Waals surface area contributed by atoms with E-state index in [9.17, 15) is 20.0 Å². The van der Waals surface area contributed by atoms with Crippen molar-refractivity contribution in [2.24, 2.45) is 0 Å². The predicted molar refractivity (Wildman–Crippen MR) is 119 cm³/mol. The fraction of sp³-hybridized carbons (Fsp3) is 0.435. The van der Waals surface area contributed by atoms with Gasteiger partial charge in [-0.25, -0.2) is 0 Å². The Morgan fingerprint density at radius 2 is 1.79 bits per heavy atom. The van der Waals surface area contributed by atoms with Gasteiger partial charge in [0.1, 0.15) is 18.5 Å². The number of nitro groups is 1. The molecule has 0 radical (unpaired) electrons. The summed E-state index contributed by atoms with van der Waals surface area (Å²) in [6.45, 7) is 4.17. The highest BCUT2D eigenvalue weighted by atomic mass is 35.5. The van der Waals surface area contributed by atoms with Crippen LogP contribution in [0.25, 0.3) is 0 Å². The van der Waals surface area contributed by atoms with Crippen molar-refractivity contribution in [2.45, 2.75) is 38.3 Å². The largest absolute Gasteiger partial charge is 1.00 e. The van der Waals surface area contributed by atoms with Crippen molar-refractivity contribution in [3.05, 3.63) is 63.7 Å². The van der Waals surface area contributed by atoms with Gasteiger partial charge in [-0.15, -0.1) is 0 Å². The summed E-state index contributed by atoms with van der Waals surface area (Å²) in [5.74, 6) is 0.325. The molecule has 9 nitrogen and oxygen atoms in total. The third kappa shape index (κ3) is 9.25. The number of methoxy groups -OCH3 is 2. The van der Waals surface area contributed by atoms with Crippen LogP contribution in [-0.2, 0) is 22.4 Å². The third-order valence-electron chi connectivity index (χ3n) is 4.85. The van der Waals surface area contributed by atoms with Crippen LogP contribution in [-0.4, -0.2) is 55.0 Å². The van der Waals surface area contributed by atoms with Gasteiger partial charge in [0.15, 0.2) is 5.75 Å². The van der Waals surface area contributed by atoms with Crippen molar-refractivity contribution in [3.63, 3.8) is 0 Å². The average molecular weight is 482 g/mol. The lowest BCUT2D eigenvalue weighted by Gasteiger charge is -2.28. The number of carbonyl (C=O) groups is 1. The second-order valence-electron chi connectivity index (χ2n) is 8.07. The maximum absolute atomic E-state index is 11.4. The van der Waals surface area contributed by atoms with E-state index < -0.39 is 17.0 Å². The van der Waals surface area contributed by atoms with Crippen molar-refractivity contribution in [1.29, 1.82) is 0 Å². The number of hydrogen-bond acceptors (Lipinski definition) is 8. The molecule has 0 saturated carbocycles. The van der Waals surface area contributed by atoms with Crippen LogP contribution in [0, 0.1) is 10.1 Å². The molecular formula is C23H30ClN2O7-. The summed E-state index contributed by atoms with van der Waals surface area (Å²) in [5, 5.41) is 25.0. The first-order valence-corrected chi connectivity index (χ1v) is 10.2. The quantitative estimate of drug-likeness (QED) is 0.240. The second kappa shape index (κ2) is 13.0. The van der Waals surface area contributed by atoms with Crippen LogP contribution in [0.1, 0.15) is 25.0 Å². The van der Waals surface area contributed by atoms with E-state index in [0.717, 1.165) is 17.7 Å². The maximum Gasteiger partial charge on any atom is 0.311 e. The fourth-order valence-corrected chi connectivity index (χ4v) is 3.13. The van der Waals surface area contributed by atoms with E-state index in [1.54, 1.807) is 13.2 Å². The number of nitro benzene ring substituents is 1. The van der Waals surface area contributed by atoms with Gasteiger partial charge in [-0.1, -0.05) is 18.2 Å². The Labute approximate surface area is 199 Å². The zero-order valence-electron chi connectivity index (χ0n) is 19.2. The molecule has 0 amide bonds. The Kier molecular flexibility index (Phi) is 11.1. The monoisotopic (exact) mass is 481 g/mol. The van der Waals surface area contributed by atoms with Gasteiger partial charge < -0.3 is 37.0 Å². The number of benzene rings is 2. The number of aliphatic hydroxyl groups is 1. The number of esters is 1. The van der Waals surface area contributed by atoms with Gasteiger partial charge in [0.2, 0.25) is 0 Å². The number of β-amino-alcohol motifs (C(OH)–C–C–N with tert-alkyl or cyclic N) is 1. The number of ether oxygens (including phenoxy) is 3. The van der Waals surface area contributed by atoms with Gasteiger partial charge in [0, 0.05) is 18.2 Å². The topological polar surface area (TPSA) is 120 Å². The number of nitrogens with zero attached hydrogens (tertiary/aromatic N) is 1. The van der Waals surface area contributed by atoms with Crippen molar-refractivity contribution < 1.29 is 41.4 Å². The third-order valence-corrected chi connectivity index (χ3v) is 4.85. The highest BCUT2D eigenvalue weighted by Crippen LogP contribution is 2.28. The number of aliphatic hydroxyl groups excluding tert-OH is 1. The van der Waals surface area contributed by atoms with E-state index in [1.165, 1.54) is 19.2 Å². The summed E-state index contributed by atoms with van der Waals surface area (Å²) in [7, 11) is 2.87. The molecule has 2 aromatic carbocycles. The molecule has 0 aliphatic rings. The Bertz CT molecular complexity index is 920. The van der Waals surface area contributed by atoms with Crippen LogP contribution < -0.4 is 27.2 Å². The van der Waals surface area contributed by atoms with Gasteiger partial charge in [0.25, 0.3) is 0 Å². The lowest BCUT2D eigenvalue weighted by Crippen LogP contribution is -3.00. The van der Waals surface area contributed by atoms with Gasteiger partial charge in [-0.3, -0.25) is 14.9 Å². The Balaban J connectivity index is 0.00000544. The molecule has 0 aliphatic carbocycles. The minimum absolute atomic E-state index is 0. The van der Waals surface area contributed by atoms with Crippen LogP contribution in [0.3, 0.4) is 0 Å². The molecular weight excluding hydrogens is 452 g/mol. The summed E-state index contributed by atoms with van der Waals surface area (Å²) in [6.07, 6.45) is -0.218. The summed E-state index contributed by atoms with van der Waals surface area (Å²) in [4.78, 5) is 22.2. The molecule has 0 saturated heterocycles. The van der Waals surface area contributed by atoms with Crippen molar-refractivity contribution in [2.75, 3.05) is 27.4 Å². The van der Waals surface area contributed by atoms with E-state index in [-0.39, 0.29) is 49.0 Å². The normalized spacial score (nSPS) is 11.8. The molecule has 1 atom stereocenters. The molecule has 0 aromatic heterocycles. The zero-order valence-corrected chi connectivity index (χ0v) is 19.9. The number of rotatable bonds is 12. The van der Waals surface area contributed by atoms with Crippen molar-refractivity contribution >= 4 is 11.7 Å². The molecule has 2 aromatic rings. The maximum atomic E-state index is 11.4. The van der Waals surface area contributed by atoms with E-state index >= 15 is 0 Å². The van der Waals surface area contributed by atoms with Crippen molar-refractivity contribution in [1.82, 2.24) is 5.32 Å². The number of halogens is 1. The van der Waals surface area contributed by atoms with Gasteiger partial charge in [0.05, 0.1) is 25.6 Å². The van der Waals surface area contributed by atoms with Crippen LogP contribution in [0.4, 0.5) is 5.69 Å². The molecule has 0 fully saturated rings. The summed E-state index contributed by atoms with van der Waals surface area (Å²) < 4.78 is 15.2. The fourth-order valence-electron chi connectivity index (χ4n) is 3.13. The van der Waals surface area contributed by atoms with E-state index in [2.05, 4.69) is 10.1 Å².